The van der Waals surface area contributed by atoms with Crippen LogP contribution >= 0.6 is 12.4 Å². The molecule has 2 aliphatic rings. The number of nitrogens with one attached hydrogen (secondary N) is 1. The third kappa shape index (κ3) is 4.44. The van der Waals surface area contributed by atoms with E-state index in [1.165, 1.54) is 0 Å². The van der Waals surface area contributed by atoms with Crippen molar-refractivity contribution in [1.29, 1.82) is 0 Å². The highest BCUT2D eigenvalue weighted by Gasteiger charge is 2.31. The van der Waals surface area contributed by atoms with Gasteiger partial charge in [-0.2, -0.15) is 0 Å². The molecule has 0 saturated carbocycles. The van der Waals surface area contributed by atoms with E-state index >= 15 is 0 Å². The lowest BCUT2D eigenvalue weighted by atomic mass is 10.1. The largest absolute Gasteiger partial charge is 0.493 e. The van der Waals surface area contributed by atoms with Crippen LogP contribution in [0.3, 0.4) is 0 Å². The van der Waals surface area contributed by atoms with Crippen molar-refractivity contribution < 1.29 is 14.3 Å². The predicted molar refractivity (Wildman–Crippen MR) is 98.3 cm³/mol. The Morgan fingerprint density at radius 1 is 1.16 bits per heavy atom. The molecule has 25 heavy (non-hydrogen) atoms. The maximum absolute atomic E-state index is 12.8. The predicted octanol–water partition coefficient (Wildman–Crippen LogP) is 1.40. The molecule has 1 aromatic rings. The van der Waals surface area contributed by atoms with Crippen LogP contribution in [0.15, 0.2) is 24.3 Å². The fraction of sp³-hybridized carbons (Fsp3) is 0.556. The lowest BCUT2D eigenvalue weighted by Crippen LogP contribution is -2.52. The van der Waals surface area contributed by atoms with Gasteiger partial charge in [0.25, 0.3) is 5.91 Å². The van der Waals surface area contributed by atoms with Crippen molar-refractivity contribution >= 4 is 24.2 Å². The highest BCUT2D eigenvalue weighted by atomic mass is 35.5. The van der Waals surface area contributed by atoms with Crippen LogP contribution in [0, 0.1) is 5.92 Å². The number of hydrogen-bond acceptors (Lipinski definition) is 4. The Kier molecular flexibility index (Phi) is 7.08. The second kappa shape index (κ2) is 9.06. The van der Waals surface area contributed by atoms with Crippen LogP contribution in [0.1, 0.15) is 23.7 Å². The van der Waals surface area contributed by atoms with Crippen LogP contribution in [-0.4, -0.2) is 67.5 Å². The van der Waals surface area contributed by atoms with Gasteiger partial charge in [-0.3, -0.25) is 9.59 Å². The normalized spacial score (nSPS) is 20.1. The highest BCUT2D eigenvalue weighted by Crippen LogP contribution is 2.21. The average molecular weight is 368 g/mol. The van der Waals surface area contributed by atoms with Crippen molar-refractivity contribution in [3.8, 4) is 5.75 Å². The number of para-hydroxylation sites is 1. The molecule has 0 bridgehead atoms. The minimum absolute atomic E-state index is 0. The van der Waals surface area contributed by atoms with Crippen molar-refractivity contribution in [2.24, 2.45) is 5.92 Å². The summed E-state index contributed by atoms with van der Waals surface area (Å²) in [6.45, 7) is 6.50. The molecule has 1 N–H and O–H groups in total. The first-order valence-corrected chi connectivity index (χ1v) is 8.71. The molecule has 0 aromatic heterocycles. The summed E-state index contributed by atoms with van der Waals surface area (Å²) in [4.78, 5) is 28.9. The topological polar surface area (TPSA) is 61.9 Å². The summed E-state index contributed by atoms with van der Waals surface area (Å²) in [6, 6.07) is 7.34. The Labute approximate surface area is 154 Å². The number of carbonyl (C=O) groups excluding carboxylic acids is 2. The molecular weight excluding hydrogens is 342 g/mol. The lowest BCUT2D eigenvalue weighted by molar-refractivity contribution is -0.136. The van der Waals surface area contributed by atoms with E-state index in [9.17, 15) is 9.59 Å². The van der Waals surface area contributed by atoms with Gasteiger partial charge in [-0.1, -0.05) is 12.1 Å². The summed E-state index contributed by atoms with van der Waals surface area (Å²) in [5, 5.41) is 3.23. The molecule has 0 aliphatic carbocycles. The average Bonchev–Trinajstić information content (AvgIpc) is 3.16. The molecule has 1 unspecified atom stereocenters. The van der Waals surface area contributed by atoms with E-state index in [0.717, 1.165) is 19.5 Å². The fourth-order valence-electron chi connectivity index (χ4n) is 3.35. The minimum atomic E-state index is -0.0197. The second-order valence-electron chi connectivity index (χ2n) is 6.24. The Hall–Kier alpha value is -1.79. The number of hydrogen-bond donors (Lipinski definition) is 1. The molecule has 3 rings (SSSR count). The van der Waals surface area contributed by atoms with E-state index in [1.807, 2.05) is 34.9 Å². The van der Waals surface area contributed by atoms with E-state index < -0.39 is 0 Å². The first kappa shape index (κ1) is 19.5. The summed E-state index contributed by atoms with van der Waals surface area (Å²) in [7, 11) is 0. The first-order chi connectivity index (χ1) is 11.7. The number of carbonyl (C=O) groups is 2. The van der Waals surface area contributed by atoms with E-state index in [2.05, 4.69) is 5.32 Å². The van der Waals surface area contributed by atoms with Crippen LogP contribution in [0.25, 0.3) is 0 Å². The molecule has 1 aromatic carbocycles. The van der Waals surface area contributed by atoms with Crippen LogP contribution < -0.4 is 10.1 Å². The zero-order chi connectivity index (χ0) is 16.9. The number of benzene rings is 1. The molecule has 2 fully saturated rings. The van der Waals surface area contributed by atoms with Crippen LogP contribution in [-0.2, 0) is 4.79 Å². The maximum atomic E-state index is 12.8. The molecule has 2 saturated heterocycles. The van der Waals surface area contributed by atoms with E-state index in [4.69, 9.17) is 4.74 Å². The van der Waals surface area contributed by atoms with Gasteiger partial charge < -0.3 is 19.9 Å². The van der Waals surface area contributed by atoms with Crippen LogP contribution in [0.2, 0.25) is 0 Å². The molecular formula is C18H26ClN3O3. The first-order valence-electron chi connectivity index (χ1n) is 8.71. The molecule has 7 heteroatoms. The smallest absolute Gasteiger partial charge is 0.257 e. The van der Waals surface area contributed by atoms with Gasteiger partial charge in [-0.15, -0.1) is 12.4 Å². The fourth-order valence-corrected chi connectivity index (χ4v) is 3.35. The van der Waals surface area contributed by atoms with E-state index in [1.54, 1.807) is 6.07 Å². The molecule has 138 valence electrons. The number of nitrogens with zero attached hydrogens (tertiary/aromatic N) is 2. The standard InChI is InChI=1S/C18H25N3O3.ClH/c1-2-24-16-6-4-3-5-15(16)18(23)21-11-9-20(10-12-21)17(22)14-7-8-19-13-14;/h3-6,14,19H,2,7-13H2,1H3;1H. The number of rotatable bonds is 4. The lowest BCUT2D eigenvalue weighted by Gasteiger charge is -2.36. The third-order valence-corrected chi connectivity index (χ3v) is 4.71. The summed E-state index contributed by atoms with van der Waals surface area (Å²) in [5.41, 5.74) is 0.596. The quantitative estimate of drug-likeness (QED) is 0.873. The van der Waals surface area contributed by atoms with Crippen molar-refractivity contribution in [3.63, 3.8) is 0 Å². The summed E-state index contributed by atoms with van der Waals surface area (Å²) in [6.07, 6.45) is 0.916. The van der Waals surface area contributed by atoms with Gasteiger partial charge in [0.1, 0.15) is 5.75 Å². The number of piperazine rings is 1. The van der Waals surface area contributed by atoms with Gasteiger partial charge in [0.05, 0.1) is 18.1 Å². The molecule has 2 heterocycles. The van der Waals surface area contributed by atoms with E-state index in [0.29, 0.717) is 44.1 Å². The Morgan fingerprint density at radius 2 is 1.84 bits per heavy atom. The second-order valence-corrected chi connectivity index (χ2v) is 6.24. The third-order valence-electron chi connectivity index (χ3n) is 4.71. The molecule has 6 nitrogen and oxygen atoms in total. The summed E-state index contributed by atoms with van der Waals surface area (Å²) >= 11 is 0. The number of amides is 2. The monoisotopic (exact) mass is 367 g/mol. The molecule has 0 radical (unpaired) electrons. The van der Waals surface area contributed by atoms with Gasteiger partial charge in [-0.05, 0) is 32.0 Å². The summed E-state index contributed by atoms with van der Waals surface area (Å²) < 4.78 is 5.56. The van der Waals surface area contributed by atoms with Gasteiger partial charge in [-0.25, -0.2) is 0 Å². The van der Waals surface area contributed by atoms with Crippen LogP contribution in [0.5, 0.6) is 5.75 Å². The number of halogens is 1. The molecule has 2 amide bonds. The molecule has 2 aliphatic heterocycles. The van der Waals surface area contributed by atoms with E-state index in [-0.39, 0.29) is 30.1 Å². The molecule has 1 atom stereocenters. The highest BCUT2D eigenvalue weighted by molar-refractivity contribution is 5.97. The zero-order valence-electron chi connectivity index (χ0n) is 14.6. The number of ether oxygens (including phenoxy) is 1. The van der Waals surface area contributed by atoms with Gasteiger partial charge >= 0.3 is 0 Å². The van der Waals surface area contributed by atoms with Crippen molar-refractivity contribution in [1.82, 2.24) is 15.1 Å². The Bertz CT molecular complexity index is 597. The van der Waals surface area contributed by atoms with Gasteiger partial charge in [0.2, 0.25) is 5.91 Å². The summed E-state index contributed by atoms with van der Waals surface area (Å²) in [5.74, 6) is 0.932. The van der Waals surface area contributed by atoms with Gasteiger partial charge in [0, 0.05) is 32.7 Å². The van der Waals surface area contributed by atoms with Crippen molar-refractivity contribution in [3.05, 3.63) is 29.8 Å². The van der Waals surface area contributed by atoms with Crippen LogP contribution in [0.4, 0.5) is 0 Å². The Balaban J connectivity index is 0.00000225. The SMILES string of the molecule is CCOc1ccccc1C(=O)N1CCN(C(=O)C2CCNC2)CC1.Cl. The van der Waals surface area contributed by atoms with Crippen molar-refractivity contribution in [2.45, 2.75) is 13.3 Å². The minimum Gasteiger partial charge on any atom is -0.493 e. The maximum Gasteiger partial charge on any atom is 0.257 e. The van der Waals surface area contributed by atoms with Gasteiger partial charge in [0.15, 0.2) is 0 Å². The molecule has 0 spiro atoms. The zero-order valence-corrected chi connectivity index (χ0v) is 15.4. The Morgan fingerprint density at radius 3 is 2.48 bits per heavy atom. The van der Waals surface area contributed by atoms with Crippen molar-refractivity contribution in [2.75, 3.05) is 45.9 Å².